The van der Waals surface area contributed by atoms with Crippen LogP contribution in [0.5, 0.6) is 5.75 Å². The highest BCUT2D eigenvalue weighted by molar-refractivity contribution is 8.76. The van der Waals surface area contributed by atoms with E-state index in [0.717, 1.165) is 56.1 Å². The van der Waals surface area contributed by atoms with Gasteiger partial charge in [0.15, 0.2) is 23.8 Å². The molecule has 12 rings (SSSR count). The van der Waals surface area contributed by atoms with Crippen molar-refractivity contribution in [3.8, 4) is 17.6 Å². The summed E-state index contributed by atoms with van der Waals surface area (Å²) in [7, 11) is 3.10. The summed E-state index contributed by atoms with van der Waals surface area (Å²) in [6.45, 7) is 3.76. The molecule has 2 bridgehead atoms. The van der Waals surface area contributed by atoms with Gasteiger partial charge in [0.25, 0.3) is 0 Å². The Balaban J connectivity index is 1.04. The number of carbonyl (C=O) groups is 3. The number of aliphatic hydroxyl groups excluding tert-OH is 4. The Kier molecular flexibility index (Phi) is 17.6. The van der Waals surface area contributed by atoms with E-state index in [0.29, 0.717) is 42.3 Å². The zero-order valence-electron chi connectivity index (χ0n) is 49.8. The van der Waals surface area contributed by atoms with Gasteiger partial charge in [-0.05, 0) is 172 Å². The smallest absolute Gasteiger partial charge is 0.313 e. The largest absolute Gasteiger partial charge is 0.508 e. The molecule has 3 heterocycles. The summed E-state index contributed by atoms with van der Waals surface area (Å²) in [5.41, 5.74) is 9.44. The van der Waals surface area contributed by atoms with E-state index < -0.39 is 94.0 Å². The van der Waals surface area contributed by atoms with Crippen LogP contribution in [0.25, 0.3) is 0 Å². The number of H-pyrrole nitrogens is 1. The van der Waals surface area contributed by atoms with Crippen LogP contribution in [0.15, 0.2) is 70.6 Å². The van der Waals surface area contributed by atoms with Crippen LogP contribution in [0, 0.1) is 99.6 Å². The summed E-state index contributed by atoms with van der Waals surface area (Å²) in [6.07, 6.45) is 8.22. The fraction of sp³-hybridized carbons (Fsp3) is 0.701. The molecule has 2 aliphatic heterocycles. The van der Waals surface area contributed by atoms with Gasteiger partial charge in [-0.25, -0.2) is 0 Å². The highest BCUT2D eigenvalue weighted by atomic mass is 33.1. The van der Waals surface area contributed by atoms with E-state index in [1.807, 2.05) is 24.4 Å². The fourth-order valence-corrected chi connectivity index (χ4v) is 23.3. The molecule has 17 nitrogen and oxygen atoms in total. The lowest BCUT2D eigenvalue weighted by Crippen LogP contribution is -2.69. The molecular formula is C67H91N5O12S2. The summed E-state index contributed by atoms with van der Waals surface area (Å²) in [4.78, 5) is 52.8. The molecule has 1 aromatic heterocycles. The van der Waals surface area contributed by atoms with Crippen molar-refractivity contribution in [2.45, 2.75) is 171 Å². The number of rotatable bonds is 8. The van der Waals surface area contributed by atoms with Crippen molar-refractivity contribution in [3.05, 3.63) is 76.8 Å². The van der Waals surface area contributed by atoms with Crippen molar-refractivity contribution < 1.29 is 60.0 Å². The van der Waals surface area contributed by atoms with Gasteiger partial charge in [-0.3, -0.25) is 19.4 Å². The Bertz CT molecular complexity index is 3010. The van der Waals surface area contributed by atoms with E-state index in [1.54, 1.807) is 36.0 Å². The predicted octanol–water partition coefficient (Wildman–Crippen LogP) is 6.34. The number of nitrogens with two attached hydrogens (primary N) is 2. The molecule has 86 heavy (non-hydrogen) atoms. The third kappa shape index (κ3) is 10.7. The minimum atomic E-state index is -2.06. The number of aliphatic hydroxyl groups is 7. The number of nitrogens with one attached hydrogen (secondary N) is 2. The van der Waals surface area contributed by atoms with Crippen molar-refractivity contribution in [2.75, 3.05) is 31.2 Å². The van der Waals surface area contributed by atoms with Crippen LogP contribution in [-0.4, -0.2) is 136 Å². The number of hydrogen-bond acceptors (Lipinski definition) is 16. The molecule has 10 aliphatic rings. The van der Waals surface area contributed by atoms with Crippen molar-refractivity contribution in [1.82, 2.24) is 10.3 Å². The second kappa shape index (κ2) is 24.4. The molecule has 8 aliphatic carbocycles. The summed E-state index contributed by atoms with van der Waals surface area (Å²) < 4.78 is 5.95. The van der Waals surface area contributed by atoms with Gasteiger partial charge in [0.2, 0.25) is 0 Å². The maximum atomic E-state index is 16.6. The lowest BCUT2D eigenvalue weighted by molar-refractivity contribution is -0.206. The number of Topliss-reactive ketones (excluding diaryl/α,β-unsaturated/α-hetero) is 2. The van der Waals surface area contributed by atoms with Crippen LogP contribution in [0.1, 0.15) is 146 Å². The minimum absolute atomic E-state index is 0.00427. The van der Waals surface area contributed by atoms with Crippen LogP contribution in [0.2, 0.25) is 0 Å². The van der Waals surface area contributed by atoms with Crippen LogP contribution >= 0.6 is 21.6 Å². The maximum Gasteiger partial charge on any atom is 0.313 e. The third-order valence-electron chi connectivity index (χ3n) is 24.1. The summed E-state index contributed by atoms with van der Waals surface area (Å²) in [5, 5.41) is 104. The number of benzene rings is 1. The van der Waals surface area contributed by atoms with Gasteiger partial charge < -0.3 is 67.4 Å². The number of ketones is 2. The van der Waals surface area contributed by atoms with Crippen molar-refractivity contribution >= 4 is 45.1 Å². The van der Waals surface area contributed by atoms with Crippen LogP contribution < -0.4 is 16.8 Å². The van der Waals surface area contributed by atoms with Crippen LogP contribution in [0.4, 0.5) is 0 Å². The van der Waals surface area contributed by atoms with Crippen LogP contribution in [-0.2, 0) is 19.1 Å². The molecule has 21 unspecified atom stereocenters. The molecule has 0 spiro atoms. The van der Waals surface area contributed by atoms with Gasteiger partial charge in [0, 0.05) is 90.1 Å². The first-order valence-corrected chi connectivity index (χ1v) is 34.6. The lowest BCUT2D eigenvalue weighted by Gasteiger charge is -2.66. The standard InChI is InChI=1S/C67H91N5O12S2/c1-35-10-11-37-14-17-45-47(46(37)24-35)26-38(49-32-84-62(81)54(49)40-19-22-70-30-40)6-5-7-39-28-67(83)56-51(18-20-65(67,21-23-71-63(68)69)60(39)64(2,82)53(76)27-48(45)61(79)80)66(42-8-3-4-9-42)29-52(75)58(77)50-34-86-85-33-41(36-12-15-43(73)16-13-36)25-44(74)31-72-57(56)59(78)55(50)66/h12-16,19,22,30,35,38-39,41-42,45-55,58,60-61,70,72-73,75-77,79-80,82-83H,3-4,7-11,17-18,20-21,23-29,31-34H2,1-2H3,(H4,68,69,71). The first kappa shape index (κ1) is 61.9. The lowest BCUT2D eigenvalue weighted by atomic mass is 9.40. The summed E-state index contributed by atoms with van der Waals surface area (Å²) in [6, 6.07) is 8.73. The van der Waals surface area contributed by atoms with Gasteiger partial charge in [-0.2, -0.15) is 0 Å². The highest BCUT2D eigenvalue weighted by Gasteiger charge is 2.76. The van der Waals surface area contributed by atoms with Gasteiger partial charge >= 0.3 is 5.97 Å². The maximum absolute atomic E-state index is 16.6. The molecular weight excluding hydrogens is 1130 g/mol. The second-order valence-electron chi connectivity index (χ2n) is 28.4. The number of phenolic OH excluding ortho intramolecular Hbond substituents is 1. The zero-order chi connectivity index (χ0) is 60.6. The predicted molar refractivity (Wildman–Crippen MR) is 328 cm³/mol. The van der Waals surface area contributed by atoms with E-state index in [2.05, 4.69) is 40.1 Å². The first-order chi connectivity index (χ1) is 41.2. The quantitative estimate of drug-likeness (QED) is 0.0261. The van der Waals surface area contributed by atoms with Gasteiger partial charge in [0.05, 0.1) is 54.3 Å². The Morgan fingerprint density at radius 1 is 0.919 bits per heavy atom. The number of allylic oxidation sites excluding steroid dienone is 3. The molecule has 1 aromatic carbocycles. The van der Waals surface area contributed by atoms with E-state index in [-0.39, 0.29) is 135 Å². The number of hydrogen-bond donors (Lipinski definition) is 12. The number of aromatic hydroxyl groups is 1. The number of ether oxygens (including phenoxy) is 1. The Labute approximate surface area is 513 Å². The number of aliphatic imine (C=N–C) groups is 1. The van der Waals surface area contributed by atoms with E-state index in [9.17, 15) is 45.3 Å². The number of phenols is 1. The SMILES string of the molecule is CC1CCC2=CCC3C(C(O)O)CC(O)C(C)(O)C4C(CC#CC(C5COC(=O)C5c5cc[nH]c5)CC3C2C1)CC1(O)C2=C3NCC(=O)CC(c5ccc(O)cc5)CSSCC5C(O)C(O)CC(C6CCCC6)(C2CCC41CCN=C(N)N)C5C3=O. The monoisotopic (exact) mass is 1220 g/mol. The molecule has 2 saturated heterocycles. The van der Waals surface area contributed by atoms with E-state index >= 15 is 9.90 Å². The number of cyclic esters (lactones) is 1. The number of guanidine groups is 1. The average Bonchev–Trinajstić information content (AvgIpc) is 0.866. The Morgan fingerprint density at radius 2 is 1.69 bits per heavy atom. The van der Waals surface area contributed by atoms with Crippen molar-refractivity contribution in [1.29, 1.82) is 0 Å². The second-order valence-corrected chi connectivity index (χ2v) is 30.9. The number of esters is 1. The van der Waals surface area contributed by atoms with Crippen molar-refractivity contribution in [2.24, 2.45) is 104 Å². The van der Waals surface area contributed by atoms with Gasteiger partial charge in [-0.1, -0.05) is 71.1 Å². The summed E-state index contributed by atoms with van der Waals surface area (Å²) in [5.74, 6) is 1.10. The van der Waals surface area contributed by atoms with E-state index in [4.69, 9.17) is 16.2 Å². The zero-order valence-corrected chi connectivity index (χ0v) is 51.4. The fourth-order valence-electron chi connectivity index (χ4n) is 20.5. The average molecular weight is 1220 g/mol. The molecule has 0 amide bonds. The number of carbonyl (C=O) groups excluding carboxylic acids is 3. The molecule has 14 N–H and O–H groups in total. The normalized spacial score (nSPS) is 43.0. The van der Waals surface area contributed by atoms with E-state index in [1.165, 1.54) is 16.4 Å². The molecule has 2 aromatic rings. The molecule has 0 radical (unpaired) electrons. The van der Waals surface area contributed by atoms with Crippen molar-refractivity contribution in [3.63, 3.8) is 0 Å². The first-order valence-electron chi connectivity index (χ1n) is 32.1. The number of aromatic amines is 1. The molecule has 7 fully saturated rings. The molecule has 5 saturated carbocycles. The number of nitrogens with zero attached hydrogens (tertiary/aromatic N) is 1. The van der Waals surface area contributed by atoms with Gasteiger partial charge in [0.1, 0.15) is 5.75 Å². The topological polar surface area (TPSA) is 314 Å². The third-order valence-corrected chi connectivity index (χ3v) is 26.7. The Hall–Kier alpha value is -4.36. The highest BCUT2D eigenvalue weighted by Crippen LogP contribution is 2.75. The molecule has 21 atom stereocenters. The molecule has 468 valence electrons. The van der Waals surface area contributed by atoms with Gasteiger partial charge in [-0.15, -0.1) is 5.92 Å². The summed E-state index contributed by atoms with van der Waals surface area (Å²) >= 11 is 0. The number of fused-ring (bicyclic) bond motifs is 10. The molecule has 19 heteroatoms. The van der Waals surface area contributed by atoms with Crippen LogP contribution in [0.3, 0.4) is 0 Å². The Morgan fingerprint density at radius 3 is 2.42 bits per heavy atom. The minimum Gasteiger partial charge on any atom is -0.508 e. The number of aromatic nitrogens is 1.